The van der Waals surface area contributed by atoms with Gasteiger partial charge < -0.3 is 14.9 Å². The maximum Gasteiger partial charge on any atom is 0.228 e. The number of carbonyl (C=O) groups excluding carboxylic acids is 2. The first kappa shape index (κ1) is 16.0. The van der Waals surface area contributed by atoms with Crippen LogP contribution in [0.5, 0.6) is 0 Å². The minimum atomic E-state index is -0.784. The molecule has 1 saturated carbocycles. The lowest BCUT2D eigenvalue weighted by atomic mass is 9.77. The Kier molecular flexibility index (Phi) is 3.88. The largest absolute Gasteiger partial charge is 0.389 e. The molecule has 0 spiro atoms. The fraction of sp³-hybridized carbons (Fsp3) is 0.706. The summed E-state index contributed by atoms with van der Waals surface area (Å²) in [6.07, 6.45) is 2.65. The molecule has 4 rings (SSSR count). The van der Waals surface area contributed by atoms with Gasteiger partial charge in [-0.05, 0) is 26.2 Å². The van der Waals surface area contributed by atoms with Crippen LogP contribution in [0.3, 0.4) is 0 Å². The highest BCUT2D eigenvalue weighted by Gasteiger charge is 2.48. The standard InChI is InChI=1S/C17H23N3O3S/c1-11-18-13(10-24-11)8-20-7-12-6-19(9-14(12)16(20)22)15(21)5-17(23)3-2-4-17/h10,12,14,23H,2-9H2,1H3/t12-,14-/m0/s1. The number of amides is 2. The number of hydrogen-bond acceptors (Lipinski definition) is 5. The summed E-state index contributed by atoms with van der Waals surface area (Å²) in [6.45, 7) is 4.38. The van der Waals surface area contributed by atoms with Crippen molar-refractivity contribution in [3.8, 4) is 0 Å². The van der Waals surface area contributed by atoms with Gasteiger partial charge >= 0.3 is 0 Å². The Balaban J connectivity index is 1.35. The van der Waals surface area contributed by atoms with Crippen LogP contribution in [-0.2, 0) is 16.1 Å². The molecule has 6 nitrogen and oxygen atoms in total. The highest BCUT2D eigenvalue weighted by atomic mass is 32.1. The van der Waals surface area contributed by atoms with E-state index in [0.717, 1.165) is 30.0 Å². The summed E-state index contributed by atoms with van der Waals surface area (Å²) in [4.78, 5) is 33.1. The molecule has 1 aromatic rings. The van der Waals surface area contributed by atoms with Crippen LogP contribution in [0, 0.1) is 18.8 Å². The van der Waals surface area contributed by atoms with Crippen molar-refractivity contribution in [1.29, 1.82) is 0 Å². The lowest BCUT2D eigenvalue weighted by Gasteiger charge is -2.37. The molecule has 0 bridgehead atoms. The number of likely N-dealkylation sites (tertiary alicyclic amines) is 2. The van der Waals surface area contributed by atoms with E-state index in [1.807, 2.05) is 17.2 Å². The van der Waals surface area contributed by atoms with Crippen LogP contribution in [-0.4, -0.2) is 56.9 Å². The third kappa shape index (κ3) is 2.84. The van der Waals surface area contributed by atoms with Crippen LogP contribution in [0.1, 0.15) is 36.4 Å². The van der Waals surface area contributed by atoms with Gasteiger partial charge in [0.05, 0.1) is 35.2 Å². The Labute approximate surface area is 145 Å². The average Bonchev–Trinajstić information content (AvgIpc) is 3.16. The first-order valence-electron chi connectivity index (χ1n) is 8.63. The summed E-state index contributed by atoms with van der Waals surface area (Å²) in [6, 6.07) is 0. The van der Waals surface area contributed by atoms with Gasteiger partial charge in [0.15, 0.2) is 0 Å². The second-order valence-electron chi connectivity index (χ2n) is 7.50. The van der Waals surface area contributed by atoms with Crippen molar-refractivity contribution >= 4 is 23.2 Å². The number of aromatic nitrogens is 1. The Morgan fingerprint density at radius 3 is 2.79 bits per heavy atom. The number of nitrogens with zero attached hydrogens (tertiary/aromatic N) is 3. The fourth-order valence-corrected chi connectivity index (χ4v) is 4.72. The zero-order valence-corrected chi connectivity index (χ0v) is 14.7. The molecular weight excluding hydrogens is 326 g/mol. The van der Waals surface area contributed by atoms with Crippen molar-refractivity contribution in [1.82, 2.24) is 14.8 Å². The summed E-state index contributed by atoms with van der Waals surface area (Å²) in [5, 5.41) is 13.2. The number of thiazole rings is 1. The smallest absolute Gasteiger partial charge is 0.228 e. The van der Waals surface area contributed by atoms with E-state index in [-0.39, 0.29) is 30.1 Å². The van der Waals surface area contributed by atoms with Gasteiger partial charge in [-0.3, -0.25) is 9.59 Å². The monoisotopic (exact) mass is 349 g/mol. The zero-order chi connectivity index (χ0) is 16.9. The maximum atomic E-state index is 12.6. The van der Waals surface area contributed by atoms with Crippen LogP contribution in [0.25, 0.3) is 0 Å². The van der Waals surface area contributed by atoms with Crippen LogP contribution in [0.15, 0.2) is 5.38 Å². The number of aryl methyl sites for hydroxylation is 1. The highest BCUT2D eigenvalue weighted by Crippen LogP contribution is 2.37. The van der Waals surface area contributed by atoms with Gasteiger partial charge in [-0.1, -0.05) is 0 Å². The van der Waals surface area contributed by atoms with Crippen molar-refractivity contribution in [2.45, 2.75) is 44.8 Å². The van der Waals surface area contributed by atoms with Crippen molar-refractivity contribution in [2.75, 3.05) is 19.6 Å². The Bertz CT molecular complexity index is 670. The zero-order valence-electron chi connectivity index (χ0n) is 13.9. The van der Waals surface area contributed by atoms with E-state index in [9.17, 15) is 14.7 Å². The van der Waals surface area contributed by atoms with Crippen molar-refractivity contribution in [3.63, 3.8) is 0 Å². The molecule has 1 N–H and O–H groups in total. The lowest BCUT2D eigenvalue weighted by molar-refractivity contribution is -0.140. The quantitative estimate of drug-likeness (QED) is 0.886. The highest BCUT2D eigenvalue weighted by molar-refractivity contribution is 7.09. The Morgan fingerprint density at radius 2 is 2.21 bits per heavy atom. The minimum absolute atomic E-state index is 0.000996. The first-order valence-corrected chi connectivity index (χ1v) is 9.51. The number of hydrogen-bond donors (Lipinski definition) is 1. The fourth-order valence-electron chi connectivity index (χ4n) is 4.12. The van der Waals surface area contributed by atoms with E-state index in [2.05, 4.69) is 4.98 Å². The van der Waals surface area contributed by atoms with Crippen LogP contribution < -0.4 is 0 Å². The molecule has 3 aliphatic rings. The molecule has 0 aromatic carbocycles. The number of rotatable bonds is 4. The van der Waals surface area contributed by atoms with Crippen molar-refractivity contribution < 1.29 is 14.7 Å². The summed E-state index contributed by atoms with van der Waals surface area (Å²) >= 11 is 1.60. The van der Waals surface area contributed by atoms with Crippen molar-refractivity contribution in [3.05, 3.63) is 16.1 Å². The molecule has 2 saturated heterocycles. The Hall–Kier alpha value is -1.47. The van der Waals surface area contributed by atoms with Crippen LogP contribution >= 0.6 is 11.3 Å². The van der Waals surface area contributed by atoms with E-state index in [4.69, 9.17) is 0 Å². The predicted octanol–water partition coefficient (Wildman–Crippen LogP) is 1.17. The normalized spacial score (nSPS) is 28.2. The van der Waals surface area contributed by atoms with E-state index in [1.54, 1.807) is 16.2 Å². The summed E-state index contributed by atoms with van der Waals surface area (Å²) in [5.41, 5.74) is 0.166. The molecule has 0 unspecified atom stereocenters. The predicted molar refractivity (Wildman–Crippen MR) is 89.2 cm³/mol. The third-order valence-corrected chi connectivity index (χ3v) is 6.48. The molecule has 3 heterocycles. The lowest BCUT2D eigenvalue weighted by Crippen LogP contribution is -2.44. The topological polar surface area (TPSA) is 73.7 Å². The molecule has 2 amide bonds. The van der Waals surface area contributed by atoms with Gasteiger partial charge in [0.25, 0.3) is 0 Å². The van der Waals surface area contributed by atoms with Gasteiger partial charge in [0.1, 0.15) is 0 Å². The average molecular weight is 349 g/mol. The molecular formula is C17H23N3O3S. The molecule has 2 aliphatic heterocycles. The van der Waals surface area contributed by atoms with Crippen LogP contribution in [0.4, 0.5) is 0 Å². The van der Waals surface area contributed by atoms with Crippen LogP contribution in [0.2, 0.25) is 0 Å². The summed E-state index contributed by atoms with van der Waals surface area (Å²) in [7, 11) is 0. The summed E-state index contributed by atoms with van der Waals surface area (Å²) < 4.78 is 0. The molecule has 1 aromatic heterocycles. The number of fused-ring (bicyclic) bond motifs is 1. The van der Waals surface area contributed by atoms with E-state index < -0.39 is 5.60 Å². The second kappa shape index (κ2) is 5.81. The van der Waals surface area contributed by atoms with Gasteiger partial charge in [-0.2, -0.15) is 0 Å². The molecule has 24 heavy (non-hydrogen) atoms. The molecule has 7 heteroatoms. The molecule has 130 valence electrons. The van der Waals surface area contributed by atoms with Gasteiger partial charge in [0.2, 0.25) is 11.8 Å². The molecule has 3 fully saturated rings. The van der Waals surface area contributed by atoms with E-state index in [1.165, 1.54) is 0 Å². The van der Waals surface area contributed by atoms with Crippen molar-refractivity contribution in [2.24, 2.45) is 11.8 Å². The van der Waals surface area contributed by atoms with Gasteiger partial charge in [-0.15, -0.1) is 11.3 Å². The molecule has 0 radical (unpaired) electrons. The molecule has 2 atom stereocenters. The maximum absolute atomic E-state index is 12.6. The molecule has 1 aliphatic carbocycles. The number of carbonyl (C=O) groups is 2. The Morgan fingerprint density at radius 1 is 1.42 bits per heavy atom. The van der Waals surface area contributed by atoms with Gasteiger partial charge in [-0.25, -0.2) is 4.98 Å². The third-order valence-electron chi connectivity index (χ3n) is 5.66. The number of aliphatic hydroxyl groups is 1. The second-order valence-corrected chi connectivity index (χ2v) is 8.56. The summed E-state index contributed by atoms with van der Waals surface area (Å²) in [5.74, 6) is 0.284. The van der Waals surface area contributed by atoms with E-state index in [0.29, 0.717) is 26.2 Å². The van der Waals surface area contributed by atoms with Gasteiger partial charge in [0, 0.05) is 30.9 Å². The SMILES string of the molecule is Cc1nc(CN2C[C@@H]3CN(C(=O)CC4(O)CCC4)C[C@@H]3C2=O)cs1. The minimum Gasteiger partial charge on any atom is -0.389 e. The van der Waals surface area contributed by atoms with E-state index >= 15 is 0 Å². The first-order chi connectivity index (χ1) is 11.4.